The molecular weight excluding hydrogens is 338 g/mol. The van der Waals surface area contributed by atoms with Crippen molar-refractivity contribution in [3.63, 3.8) is 0 Å². The molecule has 1 amide bonds. The van der Waals surface area contributed by atoms with Crippen molar-refractivity contribution >= 4 is 5.91 Å². The van der Waals surface area contributed by atoms with Crippen LogP contribution in [0.3, 0.4) is 0 Å². The van der Waals surface area contributed by atoms with E-state index in [0.717, 1.165) is 55.4 Å². The summed E-state index contributed by atoms with van der Waals surface area (Å²) >= 11 is 0. The molecule has 144 valence electrons. The smallest absolute Gasteiger partial charge is 0.253 e. The Hall–Kier alpha value is -2.11. The highest BCUT2D eigenvalue weighted by atomic mass is 16.3. The molecule has 0 spiro atoms. The van der Waals surface area contributed by atoms with E-state index >= 15 is 0 Å². The van der Waals surface area contributed by atoms with Crippen LogP contribution < -0.4 is 0 Å². The number of furan rings is 1. The summed E-state index contributed by atoms with van der Waals surface area (Å²) in [7, 11) is 0. The normalized spacial score (nSPS) is 18.9. The van der Waals surface area contributed by atoms with Crippen molar-refractivity contribution in [2.24, 2.45) is 0 Å². The number of nitrogens with zero attached hydrogens (tertiary/aromatic N) is 3. The topological polar surface area (TPSA) is 39.9 Å². The molecule has 0 radical (unpaired) electrons. The van der Waals surface area contributed by atoms with Crippen LogP contribution in [0, 0.1) is 6.92 Å². The van der Waals surface area contributed by atoms with Gasteiger partial charge in [0, 0.05) is 50.4 Å². The maximum atomic E-state index is 12.9. The number of piperazine rings is 1. The molecule has 0 saturated carbocycles. The molecule has 3 heterocycles. The number of carbonyl (C=O) groups is 1. The van der Waals surface area contributed by atoms with Gasteiger partial charge in [0.15, 0.2) is 0 Å². The fourth-order valence-corrected chi connectivity index (χ4v) is 4.04. The molecule has 0 bridgehead atoms. The summed E-state index contributed by atoms with van der Waals surface area (Å²) in [5.74, 6) is 1.82. The minimum absolute atomic E-state index is 0.124. The van der Waals surface area contributed by atoms with Crippen molar-refractivity contribution in [3.05, 3.63) is 47.7 Å². The third kappa shape index (κ3) is 4.42. The van der Waals surface area contributed by atoms with Crippen LogP contribution in [0.5, 0.6) is 0 Å². The minimum Gasteiger partial charge on any atom is -0.461 e. The zero-order valence-electron chi connectivity index (χ0n) is 16.2. The summed E-state index contributed by atoms with van der Waals surface area (Å²) < 4.78 is 5.70. The lowest BCUT2D eigenvalue weighted by Gasteiger charge is -2.35. The number of aryl methyl sites for hydroxylation is 1. The Morgan fingerprint density at radius 1 is 0.926 bits per heavy atom. The Labute approximate surface area is 161 Å². The van der Waals surface area contributed by atoms with Crippen molar-refractivity contribution in [1.29, 1.82) is 0 Å². The third-order valence-electron chi connectivity index (χ3n) is 5.73. The molecule has 1 aromatic heterocycles. The number of likely N-dealkylation sites (tertiary alicyclic amines) is 1. The van der Waals surface area contributed by atoms with Gasteiger partial charge >= 0.3 is 0 Å². The summed E-state index contributed by atoms with van der Waals surface area (Å²) in [4.78, 5) is 20.0. The van der Waals surface area contributed by atoms with Crippen LogP contribution in [0.25, 0.3) is 11.3 Å². The number of hydrogen-bond acceptors (Lipinski definition) is 4. The van der Waals surface area contributed by atoms with Gasteiger partial charge in [0.2, 0.25) is 0 Å². The highest BCUT2D eigenvalue weighted by Crippen LogP contribution is 2.23. The number of benzene rings is 1. The molecular formula is C22H29N3O2. The van der Waals surface area contributed by atoms with Crippen molar-refractivity contribution < 1.29 is 9.21 Å². The van der Waals surface area contributed by atoms with Gasteiger partial charge in [-0.2, -0.15) is 0 Å². The van der Waals surface area contributed by atoms with Gasteiger partial charge in [0.25, 0.3) is 5.91 Å². The van der Waals surface area contributed by atoms with Crippen LogP contribution in [-0.2, 0) is 0 Å². The van der Waals surface area contributed by atoms with E-state index in [-0.39, 0.29) is 5.91 Å². The van der Waals surface area contributed by atoms with E-state index in [9.17, 15) is 4.79 Å². The average Bonchev–Trinajstić information content (AvgIpc) is 3.38. The fraction of sp³-hybridized carbons (Fsp3) is 0.500. The molecule has 0 unspecified atom stereocenters. The molecule has 0 aliphatic carbocycles. The first kappa shape index (κ1) is 18.3. The molecule has 5 nitrogen and oxygen atoms in total. The summed E-state index contributed by atoms with van der Waals surface area (Å²) in [5.41, 5.74) is 1.70. The second-order valence-electron chi connectivity index (χ2n) is 7.67. The van der Waals surface area contributed by atoms with E-state index in [1.807, 2.05) is 48.2 Å². The Morgan fingerprint density at radius 3 is 2.30 bits per heavy atom. The largest absolute Gasteiger partial charge is 0.461 e. The molecule has 27 heavy (non-hydrogen) atoms. The standard InChI is InChI=1S/C22H29N3O2/c1-18-7-8-21(27-18)19-5-4-6-20(17-19)22(26)25-15-13-24(14-16-25)12-11-23-9-2-3-10-23/h4-8,17H,2-3,9-16H2,1H3. The van der Waals surface area contributed by atoms with E-state index in [2.05, 4.69) is 9.80 Å². The quantitative estimate of drug-likeness (QED) is 0.814. The Kier molecular flexibility index (Phi) is 5.60. The van der Waals surface area contributed by atoms with Crippen LogP contribution in [0.15, 0.2) is 40.8 Å². The van der Waals surface area contributed by atoms with Gasteiger partial charge in [0.1, 0.15) is 11.5 Å². The molecule has 2 aliphatic rings. The lowest BCUT2D eigenvalue weighted by atomic mass is 10.1. The molecule has 2 aliphatic heterocycles. The van der Waals surface area contributed by atoms with Crippen LogP contribution in [0.4, 0.5) is 0 Å². The first-order valence-corrected chi connectivity index (χ1v) is 10.1. The molecule has 2 aromatic rings. The van der Waals surface area contributed by atoms with Crippen LogP contribution in [0.1, 0.15) is 29.0 Å². The van der Waals surface area contributed by atoms with Gasteiger partial charge in [-0.1, -0.05) is 12.1 Å². The van der Waals surface area contributed by atoms with Gasteiger partial charge < -0.3 is 14.2 Å². The monoisotopic (exact) mass is 367 g/mol. The number of hydrogen-bond donors (Lipinski definition) is 0. The van der Waals surface area contributed by atoms with Gasteiger partial charge in [-0.05, 0) is 57.1 Å². The predicted molar refractivity (Wildman–Crippen MR) is 107 cm³/mol. The van der Waals surface area contributed by atoms with Crippen molar-refractivity contribution in [2.75, 3.05) is 52.4 Å². The summed E-state index contributed by atoms with van der Waals surface area (Å²) in [6.07, 6.45) is 2.69. The predicted octanol–water partition coefficient (Wildman–Crippen LogP) is 3.11. The van der Waals surface area contributed by atoms with E-state index in [1.165, 1.54) is 32.5 Å². The first-order valence-electron chi connectivity index (χ1n) is 10.1. The first-order chi connectivity index (χ1) is 13.2. The summed E-state index contributed by atoms with van der Waals surface area (Å²) in [6, 6.07) is 11.7. The van der Waals surface area contributed by atoms with Crippen molar-refractivity contribution in [2.45, 2.75) is 19.8 Å². The summed E-state index contributed by atoms with van der Waals surface area (Å²) in [5, 5.41) is 0. The van der Waals surface area contributed by atoms with Crippen molar-refractivity contribution in [1.82, 2.24) is 14.7 Å². The third-order valence-corrected chi connectivity index (χ3v) is 5.73. The van der Waals surface area contributed by atoms with E-state index in [4.69, 9.17) is 4.42 Å². The lowest BCUT2D eigenvalue weighted by Crippen LogP contribution is -2.50. The van der Waals surface area contributed by atoms with E-state index < -0.39 is 0 Å². The lowest BCUT2D eigenvalue weighted by molar-refractivity contribution is 0.0627. The average molecular weight is 367 g/mol. The van der Waals surface area contributed by atoms with E-state index in [0.29, 0.717) is 0 Å². The Bertz CT molecular complexity index is 771. The SMILES string of the molecule is Cc1ccc(-c2cccc(C(=O)N3CCN(CCN4CCCC4)CC3)c2)o1. The second kappa shape index (κ2) is 8.28. The van der Waals surface area contributed by atoms with Crippen molar-refractivity contribution in [3.8, 4) is 11.3 Å². The second-order valence-corrected chi connectivity index (χ2v) is 7.67. The molecule has 0 N–H and O–H groups in total. The fourth-order valence-electron chi connectivity index (χ4n) is 4.04. The minimum atomic E-state index is 0.124. The van der Waals surface area contributed by atoms with Crippen LogP contribution >= 0.6 is 0 Å². The number of amides is 1. The van der Waals surface area contributed by atoms with Crippen LogP contribution in [-0.4, -0.2) is 73.0 Å². The maximum absolute atomic E-state index is 12.9. The molecule has 2 saturated heterocycles. The zero-order chi connectivity index (χ0) is 18.6. The molecule has 2 fully saturated rings. The van der Waals surface area contributed by atoms with Gasteiger partial charge in [-0.25, -0.2) is 0 Å². The zero-order valence-corrected chi connectivity index (χ0v) is 16.2. The van der Waals surface area contributed by atoms with Gasteiger partial charge in [-0.3, -0.25) is 9.69 Å². The molecule has 1 aromatic carbocycles. The molecule has 4 rings (SSSR count). The summed E-state index contributed by atoms with van der Waals surface area (Å²) in [6.45, 7) is 10.3. The van der Waals surface area contributed by atoms with Gasteiger partial charge in [0.05, 0.1) is 0 Å². The van der Waals surface area contributed by atoms with Gasteiger partial charge in [-0.15, -0.1) is 0 Å². The Balaban J connectivity index is 1.32. The highest BCUT2D eigenvalue weighted by molar-refractivity contribution is 5.95. The maximum Gasteiger partial charge on any atom is 0.253 e. The van der Waals surface area contributed by atoms with E-state index in [1.54, 1.807) is 0 Å². The number of rotatable bonds is 5. The Morgan fingerprint density at radius 2 is 1.63 bits per heavy atom. The van der Waals surface area contributed by atoms with Crippen LogP contribution in [0.2, 0.25) is 0 Å². The molecule has 5 heteroatoms. The number of carbonyl (C=O) groups excluding carboxylic acids is 1. The molecule has 0 atom stereocenters. The highest BCUT2D eigenvalue weighted by Gasteiger charge is 2.23.